The number of likely N-dealkylation sites (tertiary alicyclic amines) is 1. The Morgan fingerprint density at radius 2 is 2.04 bits per heavy atom. The number of amides is 2. The number of rotatable bonds is 3. The summed E-state index contributed by atoms with van der Waals surface area (Å²) in [6.45, 7) is 7.58. The zero-order valence-corrected chi connectivity index (χ0v) is 15.0. The highest BCUT2D eigenvalue weighted by Gasteiger charge is 2.44. The van der Waals surface area contributed by atoms with Crippen molar-refractivity contribution in [2.75, 3.05) is 13.1 Å². The number of allylic oxidation sites excluding steroid dienone is 3. The first-order chi connectivity index (χ1) is 12.1. The molecule has 2 aliphatic rings. The second-order valence-corrected chi connectivity index (χ2v) is 6.99. The Morgan fingerprint density at radius 1 is 1.35 bits per heavy atom. The quantitative estimate of drug-likeness (QED) is 0.612. The van der Waals surface area contributed by atoms with Crippen LogP contribution in [-0.2, 0) is 9.59 Å². The van der Waals surface area contributed by atoms with Crippen molar-refractivity contribution in [1.29, 1.82) is 0 Å². The number of hydrogen-bond acceptors (Lipinski definition) is 3. The summed E-state index contributed by atoms with van der Waals surface area (Å²) in [5.74, 6) is -2.77. The van der Waals surface area contributed by atoms with E-state index in [1.54, 1.807) is 0 Å². The lowest BCUT2D eigenvalue weighted by atomic mass is 9.85. The van der Waals surface area contributed by atoms with E-state index in [1.165, 1.54) is 0 Å². The summed E-state index contributed by atoms with van der Waals surface area (Å²) >= 11 is 0. The zero-order chi connectivity index (χ0) is 19.5. The first-order valence-electron chi connectivity index (χ1n) is 8.64. The molecule has 2 unspecified atom stereocenters. The third kappa shape index (κ3) is 4.95. The van der Waals surface area contributed by atoms with Crippen LogP contribution in [0.1, 0.15) is 39.5 Å². The van der Waals surface area contributed by atoms with Gasteiger partial charge in [0.15, 0.2) is 0 Å². The van der Waals surface area contributed by atoms with Crippen LogP contribution in [0, 0.1) is 11.8 Å². The minimum absolute atomic E-state index is 0.0127. The van der Waals surface area contributed by atoms with Gasteiger partial charge in [-0.15, -0.1) is 0 Å². The molecule has 2 rings (SSSR count). The SMILES string of the molecule is C=C(C)C1CC=C(C)/C(=N/NC(=O)C2CCCN(C(=O)C(F)(F)F)C2)C1. The van der Waals surface area contributed by atoms with Gasteiger partial charge in [0.25, 0.3) is 0 Å². The predicted octanol–water partition coefficient (Wildman–Crippen LogP) is 3.19. The molecule has 1 fully saturated rings. The summed E-state index contributed by atoms with van der Waals surface area (Å²) in [6, 6.07) is 0. The molecule has 8 heteroatoms. The van der Waals surface area contributed by atoms with Crippen molar-refractivity contribution in [3.05, 3.63) is 23.8 Å². The van der Waals surface area contributed by atoms with Crippen LogP contribution >= 0.6 is 0 Å². The van der Waals surface area contributed by atoms with Crippen molar-refractivity contribution in [1.82, 2.24) is 10.3 Å². The molecular formula is C18H24F3N3O2. The molecule has 1 heterocycles. The van der Waals surface area contributed by atoms with Crippen molar-refractivity contribution in [3.8, 4) is 0 Å². The molecule has 0 aromatic rings. The average Bonchev–Trinajstić information content (AvgIpc) is 2.59. The maximum Gasteiger partial charge on any atom is 0.471 e. The molecule has 2 amide bonds. The Kier molecular flexibility index (Phi) is 6.26. The number of hydrogen-bond donors (Lipinski definition) is 1. The predicted molar refractivity (Wildman–Crippen MR) is 92.2 cm³/mol. The molecule has 26 heavy (non-hydrogen) atoms. The average molecular weight is 371 g/mol. The van der Waals surface area contributed by atoms with E-state index in [9.17, 15) is 22.8 Å². The van der Waals surface area contributed by atoms with Crippen LogP contribution in [0.5, 0.6) is 0 Å². The van der Waals surface area contributed by atoms with Gasteiger partial charge >= 0.3 is 12.1 Å². The van der Waals surface area contributed by atoms with Crippen molar-refractivity contribution < 1.29 is 22.8 Å². The van der Waals surface area contributed by atoms with Gasteiger partial charge in [-0.1, -0.05) is 18.2 Å². The van der Waals surface area contributed by atoms with Gasteiger partial charge in [-0.3, -0.25) is 9.59 Å². The Bertz CT molecular complexity index is 653. The number of alkyl halides is 3. The fraction of sp³-hybridized carbons (Fsp3) is 0.611. The maximum absolute atomic E-state index is 12.6. The second-order valence-electron chi connectivity index (χ2n) is 6.99. The summed E-state index contributed by atoms with van der Waals surface area (Å²) in [7, 11) is 0. The lowest BCUT2D eigenvalue weighted by Crippen LogP contribution is -2.49. The van der Waals surface area contributed by atoms with E-state index in [1.807, 2.05) is 19.9 Å². The molecule has 0 aromatic heterocycles. The largest absolute Gasteiger partial charge is 0.471 e. The number of hydrazone groups is 1. The highest BCUT2D eigenvalue weighted by molar-refractivity contribution is 6.01. The van der Waals surface area contributed by atoms with Crippen LogP contribution in [-0.4, -0.2) is 41.7 Å². The highest BCUT2D eigenvalue weighted by atomic mass is 19.4. The van der Waals surface area contributed by atoms with E-state index < -0.39 is 23.9 Å². The number of nitrogens with zero attached hydrogens (tertiary/aromatic N) is 2. The topological polar surface area (TPSA) is 61.8 Å². The molecule has 0 aromatic carbocycles. The zero-order valence-electron chi connectivity index (χ0n) is 15.0. The molecule has 1 saturated heterocycles. The maximum atomic E-state index is 12.6. The molecule has 0 spiro atoms. The van der Waals surface area contributed by atoms with Crippen molar-refractivity contribution in [2.45, 2.75) is 45.7 Å². The Morgan fingerprint density at radius 3 is 2.65 bits per heavy atom. The molecule has 1 N–H and O–H groups in total. The normalized spacial score (nSPS) is 25.7. The van der Waals surface area contributed by atoms with Crippen LogP contribution < -0.4 is 5.43 Å². The first kappa shape index (κ1) is 20.2. The van der Waals surface area contributed by atoms with Crippen LogP contribution in [0.3, 0.4) is 0 Å². The van der Waals surface area contributed by atoms with Gasteiger partial charge in [-0.2, -0.15) is 18.3 Å². The lowest BCUT2D eigenvalue weighted by Gasteiger charge is -2.32. The van der Waals surface area contributed by atoms with E-state index in [0.717, 1.165) is 23.3 Å². The number of carbonyl (C=O) groups is 2. The van der Waals surface area contributed by atoms with Gasteiger partial charge in [0.05, 0.1) is 11.6 Å². The molecule has 144 valence electrons. The van der Waals surface area contributed by atoms with Crippen molar-refractivity contribution in [2.24, 2.45) is 16.9 Å². The van der Waals surface area contributed by atoms with Crippen molar-refractivity contribution >= 4 is 17.5 Å². The summed E-state index contributed by atoms with van der Waals surface area (Å²) in [4.78, 5) is 24.4. The summed E-state index contributed by atoms with van der Waals surface area (Å²) in [5, 5.41) is 4.17. The van der Waals surface area contributed by atoms with E-state index in [4.69, 9.17) is 0 Å². The van der Waals surface area contributed by atoms with E-state index in [0.29, 0.717) is 24.2 Å². The molecule has 1 aliphatic carbocycles. The molecular weight excluding hydrogens is 347 g/mol. The Labute approximate surface area is 151 Å². The fourth-order valence-corrected chi connectivity index (χ4v) is 3.19. The van der Waals surface area contributed by atoms with Gasteiger partial charge in [0, 0.05) is 13.1 Å². The van der Waals surface area contributed by atoms with E-state index in [-0.39, 0.29) is 19.0 Å². The Balaban J connectivity index is 1.99. The molecule has 1 aliphatic heterocycles. The number of nitrogens with one attached hydrogen (secondary N) is 1. The summed E-state index contributed by atoms with van der Waals surface area (Å²) in [5.41, 5.74) is 5.23. The highest BCUT2D eigenvalue weighted by Crippen LogP contribution is 2.27. The smallest absolute Gasteiger partial charge is 0.334 e. The van der Waals surface area contributed by atoms with Gasteiger partial charge in [0.2, 0.25) is 5.91 Å². The van der Waals surface area contributed by atoms with E-state index in [2.05, 4.69) is 17.1 Å². The number of piperidine rings is 1. The van der Waals surface area contributed by atoms with Gasteiger partial charge < -0.3 is 4.90 Å². The molecule has 5 nitrogen and oxygen atoms in total. The van der Waals surface area contributed by atoms with Crippen LogP contribution in [0.15, 0.2) is 28.9 Å². The minimum atomic E-state index is -4.92. The second kappa shape index (κ2) is 8.05. The lowest BCUT2D eigenvalue weighted by molar-refractivity contribution is -0.187. The van der Waals surface area contributed by atoms with E-state index >= 15 is 0 Å². The minimum Gasteiger partial charge on any atom is -0.334 e. The number of halogens is 3. The van der Waals surface area contributed by atoms with Crippen LogP contribution in [0.4, 0.5) is 13.2 Å². The van der Waals surface area contributed by atoms with Gasteiger partial charge in [-0.25, -0.2) is 5.43 Å². The van der Waals surface area contributed by atoms with Gasteiger partial charge in [0.1, 0.15) is 0 Å². The standard InChI is InChI=1S/C18H24F3N3O2/c1-11(2)13-7-6-12(3)15(9-13)22-23-16(25)14-5-4-8-24(10-14)17(26)18(19,20)21/h6,13-14H,1,4-5,7-10H2,2-3H3,(H,23,25)/b22-15+. The summed E-state index contributed by atoms with van der Waals surface area (Å²) in [6.07, 6.45) is -0.542. The third-order valence-corrected chi connectivity index (χ3v) is 4.92. The molecule has 0 saturated carbocycles. The molecule has 0 bridgehead atoms. The van der Waals surface area contributed by atoms with Gasteiger partial charge in [-0.05, 0) is 51.0 Å². The fourth-order valence-electron chi connectivity index (χ4n) is 3.19. The van der Waals surface area contributed by atoms with Crippen LogP contribution in [0.25, 0.3) is 0 Å². The third-order valence-electron chi connectivity index (χ3n) is 4.92. The van der Waals surface area contributed by atoms with Crippen LogP contribution in [0.2, 0.25) is 0 Å². The summed E-state index contributed by atoms with van der Waals surface area (Å²) < 4.78 is 37.7. The first-order valence-corrected chi connectivity index (χ1v) is 8.64. The number of carbonyl (C=O) groups excluding carboxylic acids is 2. The monoisotopic (exact) mass is 371 g/mol. The Hall–Kier alpha value is -2.12. The molecule has 0 radical (unpaired) electrons. The van der Waals surface area contributed by atoms with Crippen molar-refractivity contribution in [3.63, 3.8) is 0 Å². The molecule has 2 atom stereocenters.